The summed E-state index contributed by atoms with van der Waals surface area (Å²) in [4.78, 5) is 23.7. The minimum atomic E-state index is -5.08. The predicted molar refractivity (Wildman–Crippen MR) is 143 cm³/mol. The Kier molecular flexibility index (Phi) is 8.55. The molecule has 0 saturated heterocycles. The molecule has 0 amide bonds. The molecule has 0 aliphatic carbocycles. The zero-order chi connectivity index (χ0) is 27.1. The number of hydrogen-bond donors (Lipinski definition) is 3. The van der Waals surface area contributed by atoms with Crippen molar-refractivity contribution in [3.8, 4) is 21.1 Å². The Morgan fingerprint density at radius 3 is 2.42 bits per heavy atom. The van der Waals surface area contributed by atoms with Gasteiger partial charge in [0.25, 0.3) is 0 Å². The average Bonchev–Trinajstić information content (AvgIpc) is 3.56. The highest BCUT2D eigenvalue weighted by atomic mass is 32.1. The second-order valence-electron chi connectivity index (χ2n) is 8.51. The molecule has 2 aromatic carbocycles. The molecule has 0 spiro atoms. The third-order valence-corrected chi connectivity index (χ3v) is 6.82. The van der Waals surface area contributed by atoms with E-state index in [2.05, 4.69) is 88.9 Å². The van der Waals surface area contributed by atoms with E-state index in [0.29, 0.717) is 0 Å². The third-order valence-electron chi connectivity index (χ3n) is 5.68. The van der Waals surface area contributed by atoms with Crippen LogP contribution in [0.15, 0.2) is 79.1 Å². The zero-order valence-corrected chi connectivity index (χ0v) is 21.2. The topological polar surface area (TPSA) is 90.9 Å². The molecule has 38 heavy (non-hydrogen) atoms. The van der Waals surface area contributed by atoms with Gasteiger partial charge in [0.05, 0.1) is 15.9 Å². The van der Waals surface area contributed by atoms with Gasteiger partial charge in [-0.25, -0.2) is 9.78 Å². The first-order valence-electron chi connectivity index (χ1n) is 11.8. The number of imidazole rings is 1. The number of aromatic amines is 1. The summed E-state index contributed by atoms with van der Waals surface area (Å²) in [5, 5.41) is 10.7. The van der Waals surface area contributed by atoms with Crippen molar-refractivity contribution in [3.63, 3.8) is 0 Å². The van der Waals surface area contributed by atoms with Gasteiger partial charge in [-0.1, -0.05) is 30.3 Å². The lowest BCUT2D eigenvalue weighted by Gasteiger charge is -2.07. The highest BCUT2D eigenvalue weighted by Gasteiger charge is 2.38. The van der Waals surface area contributed by atoms with Crippen LogP contribution in [0.4, 0.5) is 13.2 Å². The van der Waals surface area contributed by atoms with Crippen molar-refractivity contribution in [1.82, 2.24) is 20.3 Å². The summed E-state index contributed by atoms with van der Waals surface area (Å²) in [5.74, 6) is -1.82. The summed E-state index contributed by atoms with van der Waals surface area (Å²) in [6.07, 6.45) is -0.380. The molecule has 3 N–H and O–H groups in total. The molecule has 5 aromatic rings. The fourth-order valence-electron chi connectivity index (χ4n) is 3.76. The number of fused-ring (bicyclic) bond motifs is 1. The standard InChI is InChI=1S/C26H24N4S.C2HF3O2/c1-18-4-2-7-22-25(18)30-26(29-22)24-9-8-23(31-24)21-6-3-5-20(16-21)17-28-15-12-19-10-13-27-14-11-19;3-2(4,5)1(6)7/h2-11,13-14,16,28H,12,15,17H2,1H3,(H,29,30);(H,6,7). The molecule has 3 aromatic heterocycles. The second-order valence-corrected chi connectivity index (χ2v) is 9.59. The van der Waals surface area contributed by atoms with E-state index >= 15 is 0 Å². The van der Waals surface area contributed by atoms with Crippen LogP contribution in [-0.4, -0.2) is 38.7 Å². The summed E-state index contributed by atoms with van der Waals surface area (Å²) in [5.41, 5.74) is 7.18. The van der Waals surface area contributed by atoms with E-state index < -0.39 is 12.1 Å². The SMILES string of the molecule is Cc1cccc2[nH]c(-c3ccc(-c4cccc(CNCCc5ccncc5)c4)s3)nc12.O=C(O)C(F)(F)F. The molecule has 5 rings (SSSR count). The first-order valence-corrected chi connectivity index (χ1v) is 12.6. The summed E-state index contributed by atoms with van der Waals surface area (Å²) < 4.78 is 31.7. The Balaban J connectivity index is 0.000000426. The van der Waals surface area contributed by atoms with Crippen LogP contribution in [0.25, 0.3) is 32.2 Å². The van der Waals surface area contributed by atoms with E-state index in [0.717, 1.165) is 41.2 Å². The number of nitrogens with zero attached hydrogens (tertiary/aromatic N) is 2. The van der Waals surface area contributed by atoms with Crippen LogP contribution in [0.1, 0.15) is 16.7 Å². The lowest BCUT2D eigenvalue weighted by Crippen LogP contribution is -2.21. The number of carbonyl (C=O) groups is 1. The largest absolute Gasteiger partial charge is 0.490 e. The molecular weight excluding hydrogens is 513 g/mol. The highest BCUT2D eigenvalue weighted by molar-refractivity contribution is 7.18. The predicted octanol–water partition coefficient (Wildman–Crippen LogP) is 6.63. The quantitative estimate of drug-likeness (QED) is 0.203. The van der Waals surface area contributed by atoms with Crippen LogP contribution < -0.4 is 5.32 Å². The first kappa shape index (κ1) is 27.0. The van der Waals surface area contributed by atoms with Crippen LogP contribution in [0.5, 0.6) is 0 Å². The van der Waals surface area contributed by atoms with Crippen molar-refractivity contribution in [2.45, 2.75) is 26.1 Å². The summed E-state index contributed by atoms with van der Waals surface area (Å²) in [6.45, 7) is 3.91. The van der Waals surface area contributed by atoms with Crippen molar-refractivity contribution in [2.75, 3.05) is 6.54 Å². The monoisotopic (exact) mass is 538 g/mol. The number of hydrogen-bond acceptors (Lipinski definition) is 5. The van der Waals surface area contributed by atoms with Crippen LogP contribution >= 0.6 is 11.3 Å². The number of carboxylic acid groups (broad SMARTS) is 1. The molecule has 0 radical (unpaired) electrons. The minimum absolute atomic E-state index is 0.861. The number of H-pyrrole nitrogens is 1. The molecule has 0 aliphatic heterocycles. The molecule has 0 saturated carbocycles. The summed E-state index contributed by atoms with van der Waals surface area (Å²) >= 11 is 1.77. The van der Waals surface area contributed by atoms with E-state index in [1.807, 2.05) is 12.4 Å². The Hall–Kier alpha value is -4.02. The minimum Gasteiger partial charge on any atom is -0.475 e. The number of halogens is 3. The fourth-order valence-corrected chi connectivity index (χ4v) is 4.71. The van der Waals surface area contributed by atoms with Crippen LogP contribution in [0.2, 0.25) is 0 Å². The number of para-hydroxylation sites is 1. The van der Waals surface area contributed by atoms with Gasteiger partial charge < -0.3 is 15.4 Å². The van der Waals surface area contributed by atoms with E-state index in [9.17, 15) is 13.2 Å². The van der Waals surface area contributed by atoms with Crippen molar-refractivity contribution in [3.05, 3.63) is 95.8 Å². The van der Waals surface area contributed by atoms with Gasteiger partial charge in [-0.3, -0.25) is 4.98 Å². The molecule has 0 atom stereocenters. The van der Waals surface area contributed by atoms with Crippen molar-refractivity contribution >= 4 is 28.3 Å². The number of thiophene rings is 1. The van der Waals surface area contributed by atoms with E-state index in [-0.39, 0.29) is 0 Å². The maximum absolute atomic E-state index is 10.6. The number of aromatic nitrogens is 3. The van der Waals surface area contributed by atoms with Gasteiger partial charge >= 0.3 is 12.1 Å². The number of alkyl halides is 3. The molecule has 0 aliphatic rings. The maximum atomic E-state index is 10.6. The molecule has 10 heteroatoms. The molecule has 0 bridgehead atoms. The molecule has 196 valence electrons. The molecule has 0 unspecified atom stereocenters. The highest BCUT2D eigenvalue weighted by Crippen LogP contribution is 2.34. The average molecular weight is 539 g/mol. The van der Waals surface area contributed by atoms with E-state index in [1.165, 1.54) is 27.1 Å². The summed E-state index contributed by atoms with van der Waals surface area (Å²) in [6, 6.07) is 23.5. The maximum Gasteiger partial charge on any atom is 0.490 e. The lowest BCUT2D eigenvalue weighted by atomic mass is 10.1. The van der Waals surface area contributed by atoms with Gasteiger partial charge in [-0.15, -0.1) is 11.3 Å². The molecule has 6 nitrogen and oxygen atoms in total. The smallest absolute Gasteiger partial charge is 0.475 e. The van der Waals surface area contributed by atoms with Crippen molar-refractivity contribution in [1.29, 1.82) is 0 Å². The Labute approximate surface area is 221 Å². The number of rotatable bonds is 7. The Morgan fingerprint density at radius 2 is 1.71 bits per heavy atom. The van der Waals surface area contributed by atoms with E-state index in [4.69, 9.17) is 14.9 Å². The summed E-state index contributed by atoms with van der Waals surface area (Å²) in [7, 11) is 0. The van der Waals surface area contributed by atoms with Gasteiger partial charge in [-0.05, 0) is 78.5 Å². The number of aryl methyl sites for hydroxylation is 1. The fraction of sp³-hybridized carbons (Fsp3) is 0.179. The number of pyridine rings is 1. The van der Waals surface area contributed by atoms with Gasteiger partial charge in [0.15, 0.2) is 0 Å². The van der Waals surface area contributed by atoms with Crippen molar-refractivity contribution < 1.29 is 23.1 Å². The Bertz CT molecular complexity index is 1510. The molecule has 3 heterocycles. The van der Waals surface area contributed by atoms with Crippen molar-refractivity contribution in [2.24, 2.45) is 0 Å². The van der Waals surface area contributed by atoms with Crippen LogP contribution in [-0.2, 0) is 17.8 Å². The molecule has 0 fully saturated rings. The van der Waals surface area contributed by atoms with E-state index in [1.54, 1.807) is 11.3 Å². The van der Waals surface area contributed by atoms with Crippen LogP contribution in [0.3, 0.4) is 0 Å². The van der Waals surface area contributed by atoms with Gasteiger partial charge in [0.2, 0.25) is 0 Å². The first-order chi connectivity index (χ1) is 18.2. The second kappa shape index (κ2) is 12.0. The number of carboxylic acids is 1. The lowest BCUT2D eigenvalue weighted by molar-refractivity contribution is -0.192. The van der Waals surface area contributed by atoms with Gasteiger partial charge in [0.1, 0.15) is 5.82 Å². The third kappa shape index (κ3) is 7.05. The number of aliphatic carboxylic acids is 1. The zero-order valence-electron chi connectivity index (χ0n) is 20.4. The Morgan fingerprint density at radius 1 is 1.00 bits per heavy atom. The van der Waals surface area contributed by atoms with Gasteiger partial charge in [0, 0.05) is 23.8 Å². The number of nitrogens with one attached hydrogen (secondary N) is 2. The molecular formula is C28H25F3N4O2S. The number of benzene rings is 2. The van der Waals surface area contributed by atoms with Gasteiger partial charge in [-0.2, -0.15) is 13.2 Å². The normalized spacial score (nSPS) is 11.3. The van der Waals surface area contributed by atoms with Crippen LogP contribution in [0, 0.1) is 6.92 Å².